The van der Waals surface area contributed by atoms with Crippen molar-refractivity contribution in [3.8, 4) is 0 Å². The van der Waals surface area contributed by atoms with E-state index in [-0.39, 0.29) is 12.1 Å². The average Bonchev–Trinajstić information content (AvgIpc) is 2.68. The number of carbonyl (C=O) groups excluding carboxylic acids is 3. The van der Waals surface area contributed by atoms with Crippen LogP contribution in [0.2, 0.25) is 0 Å². The average molecular weight is 408 g/mol. The minimum atomic E-state index is -1.69. The van der Waals surface area contributed by atoms with E-state index >= 15 is 0 Å². The van der Waals surface area contributed by atoms with E-state index in [1.165, 1.54) is 36.2 Å². The maximum absolute atomic E-state index is 13.6. The molecule has 0 aromatic heterocycles. The summed E-state index contributed by atoms with van der Waals surface area (Å²) in [4.78, 5) is 36.8. The Kier molecular flexibility index (Phi) is 6.94. The Balaban J connectivity index is 1.94. The van der Waals surface area contributed by atoms with Crippen molar-refractivity contribution in [1.29, 1.82) is 0 Å². The van der Waals surface area contributed by atoms with Gasteiger partial charge >= 0.3 is 0 Å². The van der Waals surface area contributed by atoms with Crippen LogP contribution in [0.4, 0.5) is 24.5 Å². The van der Waals surface area contributed by atoms with E-state index in [0.29, 0.717) is 11.8 Å². The zero-order valence-corrected chi connectivity index (χ0v) is 15.6. The molecule has 10 heteroatoms. The number of anilines is 2. The fraction of sp³-hybridized carbons (Fsp3) is 0.211. The first kappa shape index (κ1) is 21.9. The van der Waals surface area contributed by atoms with Gasteiger partial charge in [-0.3, -0.25) is 19.3 Å². The highest BCUT2D eigenvalue weighted by Crippen LogP contribution is 2.19. The monoisotopic (exact) mass is 408 g/mol. The molecule has 3 amide bonds. The van der Waals surface area contributed by atoms with Gasteiger partial charge in [0, 0.05) is 11.3 Å². The Morgan fingerprint density at radius 3 is 2.21 bits per heavy atom. The van der Waals surface area contributed by atoms with E-state index in [9.17, 15) is 27.6 Å². The molecular weight excluding hydrogens is 389 g/mol. The molecule has 1 atom stereocenters. The number of rotatable bonds is 7. The van der Waals surface area contributed by atoms with Crippen molar-refractivity contribution >= 4 is 29.1 Å². The summed E-state index contributed by atoms with van der Waals surface area (Å²) in [5.41, 5.74) is 5.35. The maximum atomic E-state index is 13.6. The van der Waals surface area contributed by atoms with Gasteiger partial charge in [-0.2, -0.15) is 0 Å². The van der Waals surface area contributed by atoms with Crippen molar-refractivity contribution in [3.05, 3.63) is 59.4 Å². The lowest BCUT2D eigenvalue weighted by Gasteiger charge is -2.23. The van der Waals surface area contributed by atoms with Crippen LogP contribution >= 0.6 is 0 Å². The number of benzene rings is 2. The minimum absolute atomic E-state index is 0.286. The molecule has 2 aromatic carbocycles. The van der Waals surface area contributed by atoms with Crippen molar-refractivity contribution in [2.45, 2.75) is 13.0 Å². The van der Waals surface area contributed by atoms with Crippen LogP contribution in [0, 0.1) is 17.5 Å². The quantitative estimate of drug-likeness (QED) is 0.611. The number of carbonyl (C=O) groups is 3. The number of nitrogens with two attached hydrogens (primary N) is 1. The first-order chi connectivity index (χ1) is 13.6. The van der Waals surface area contributed by atoms with Gasteiger partial charge in [-0.25, -0.2) is 13.2 Å². The Hall–Kier alpha value is -3.40. The third-order valence-corrected chi connectivity index (χ3v) is 4.18. The van der Waals surface area contributed by atoms with Gasteiger partial charge in [0.1, 0.15) is 0 Å². The van der Waals surface area contributed by atoms with Crippen molar-refractivity contribution in [2.75, 3.05) is 24.2 Å². The molecule has 0 radical (unpaired) electrons. The third kappa shape index (κ3) is 5.55. The van der Waals surface area contributed by atoms with E-state index in [1.807, 2.05) is 0 Å². The predicted octanol–water partition coefficient (Wildman–Crippen LogP) is 2.10. The fourth-order valence-electron chi connectivity index (χ4n) is 2.34. The lowest BCUT2D eigenvalue weighted by Crippen LogP contribution is -2.43. The summed E-state index contributed by atoms with van der Waals surface area (Å²) in [6.07, 6.45) is 0. The van der Waals surface area contributed by atoms with Gasteiger partial charge in [0.05, 0.1) is 18.3 Å². The third-order valence-electron chi connectivity index (χ3n) is 4.18. The summed E-state index contributed by atoms with van der Waals surface area (Å²) in [6, 6.07) is 6.75. The van der Waals surface area contributed by atoms with Crippen LogP contribution in [-0.2, 0) is 9.59 Å². The standard InChI is InChI=1S/C19H19F3N4O3/c1-10(19(29)24-12-5-3-11(4-6-12)18(23)28)26(2)9-15(27)25-14-8-7-13(20)16(21)17(14)22/h3-8,10H,9H2,1-2H3,(H2,23,28)(H,24,29)(H,25,27)/t10-/m0/s1. The van der Waals surface area contributed by atoms with Gasteiger partial charge in [-0.15, -0.1) is 0 Å². The van der Waals surface area contributed by atoms with E-state index in [1.54, 1.807) is 6.92 Å². The molecule has 0 aliphatic heterocycles. The summed E-state index contributed by atoms with van der Waals surface area (Å²) in [5.74, 6) is -6.32. The molecule has 0 bridgehead atoms. The Bertz CT molecular complexity index is 935. The molecule has 2 aromatic rings. The van der Waals surface area contributed by atoms with E-state index in [4.69, 9.17) is 5.73 Å². The van der Waals surface area contributed by atoms with Gasteiger partial charge in [0.15, 0.2) is 17.5 Å². The number of nitrogens with one attached hydrogen (secondary N) is 2. The molecular formula is C19H19F3N4O3. The molecule has 0 saturated carbocycles. The van der Waals surface area contributed by atoms with Gasteiger partial charge in [0.25, 0.3) is 0 Å². The minimum Gasteiger partial charge on any atom is -0.366 e. The van der Waals surface area contributed by atoms with Crippen LogP contribution in [0.25, 0.3) is 0 Å². The van der Waals surface area contributed by atoms with Crippen molar-refractivity contribution < 1.29 is 27.6 Å². The summed E-state index contributed by atoms with van der Waals surface area (Å²) in [6.45, 7) is 1.23. The van der Waals surface area contributed by atoms with Crippen LogP contribution < -0.4 is 16.4 Å². The Labute approximate surface area is 164 Å². The zero-order valence-electron chi connectivity index (χ0n) is 15.6. The molecule has 0 saturated heterocycles. The molecule has 29 heavy (non-hydrogen) atoms. The predicted molar refractivity (Wildman–Crippen MR) is 101 cm³/mol. The molecule has 2 rings (SSSR count). The molecule has 4 N–H and O–H groups in total. The van der Waals surface area contributed by atoms with Crippen LogP contribution in [0.3, 0.4) is 0 Å². The van der Waals surface area contributed by atoms with Crippen molar-refractivity contribution in [3.63, 3.8) is 0 Å². The van der Waals surface area contributed by atoms with Gasteiger partial charge < -0.3 is 16.4 Å². The van der Waals surface area contributed by atoms with Crippen LogP contribution in [-0.4, -0.2) is 42.3 Å². The van der Waals surface area contributed by atoms with Crippen LogP contribution in [0.15, 0.2) is 36.4 Å². The summed E-state index contributed by atoms with van der Waals surface area (Å²) < 4.78 is 39.8. The number of halogens is 3. The maximum Gasteiger partial charge on any atom is 0.248 e. The number of primary amides is 1. The van der Waals surface area contributed by atoms with Gasteiger partial charge in [0.2, 0.25) is 17.7 Å². The highest BCUT2D eigenvalue weighted by Gasteiger charge is 2.21. The van der Waals surface area contributed by atoms with Crippen molar-refractivity contribution in [1.82, 2.24) is 4.90 Å². The fourth-order valence-corrected chi connectivity index (χ4v) is 2.34. The molecule has 0 aliphatic rings. The molecule has 154 valence electrons. The number of hydrogen-bond donors (Lipinski definition) is 3. The first-order valence-corrected chi connectivity index (χ1v) is 8.44. The van der Waals surface area contributed by atoms with Crippen molar-refractivity contribution in [2.24, 2.45) is 5.73 Å². The summed E-state index contributed by atoms with van der Waals surface area (Å²) >= 11 is 0. The first-order valence-electron chi connectivity index (χ1n) is 8.44. The number of nitrogens with zero attached hydrogens (tertiary/aromatic N) is 1. The zero-order chi connectivity index (χ0) is 21.7. The van der Waals surface area contributed by atoms with Crippen LogP contribution in [0.1, 0.15) is 17.3 Å². The molecule has 0 heterocycles. The Morgan fingerprint density at radius 1 is 1.00 bits per heavy atom. The second-order valence-electron chi connectivity index (χ2n) is 6.29. The van der Waals surface area contributed by atoms with Gasteiger partial charge in [-0.05, 0) is 50.4 Å². The second kappa shape index (κ2) is 9.20. The topological polar surface area (TPSA) is 105 Å². The molecule has 0 spiro atoms. The highest BCUT2D eigenvalue weighted by molar-refractivity contribution is 5.97. The second-order valence-corrected chi connectivity index (χ2v) is 6.29. The summed E-state index contributed by atoms with van der Waals surface area (Å²) in [5, 5.41) is 4.75. The highest BCUT2D eigenvalue weighted by atomic mass is 19.2. The molecule has 0 aliphatic carbocycles. The SMILES string of the molecule is C[C@@H](C(=O)Nc1ccc(C(N)=O)cc1)N(C)CC(=O)Nc1ccc(F)c(F)c1F. The van der Waals surface area contributed by atoms with E-state index in [0.717, 1.165) is 6.07 Å². The number of amides is 3. The number of likely N-dealkylation sites (N-methyl/N-ethyl adjacent to an activating group) is 1. The molecule has 0 unspecified atom stereocenters. The molecule has 7 nitrogen and oxygen atoms in total. The smallest absolute Gasteiger partial charge is 0.248 e. The normalized spacial score (nSPS) is 11.8. The Morgan fingerprint density at radius 2 is 1.62 bits per heavy atom. The largest absolute Gasteiger partial charge is 0.366 e. The number of hydrogen-bond acceptors (Lipinski definition) is 4. The lowest BCUT2D eigenvalue weighted by atomic mass is 10.2. The summed E-state index contributed by atoms with van der Waals surface area (Å²) in [7, 11) is 1.49. The van der Waals surface area contributed by atoms with Crippen LogP contribution in [0.5, 0.6) is 0 Å². The van der Waals surface area contributed by atoms with E-state index < -0.39 is 46.9 Å². The lowest BCUT2D eigenvalue weighted by molar-refractivity contribution is -0.122. The van der Waals surface area contributed by atoms with E-state index in [2.05, 4.69) is 10.6 Å². The van der Waals surface area contributed by atoms with Gasteiger partial charge in [-0.1, -0.05) is 0 Å². The molecule has 0 fully saturated rings.